The molecule has 0 aromatic heterocycles. The lowest BCUT2D eigenvalue weighted by molar-refractivity contribution is -0.125. The number of nitrogens with one attached hydrogen (secondary N) is 2. The van der Waals surface area contributed by atoms with Gasteiger partial charge in [-0.15, -0.1) is 0 Å². The van der Waals surface area contributed by atoms with Crippen LogP contribution in [-0.4, -0.2) is 24.4 Å². The zero-order chi connectivity index (χ0) is 20.0. The maximum Gasteiger partial charge on any atom is 0.243 e. The normalized spacial score (nSPS) is 11.8. The third kappa shape index (κ3) is 6.03. The summed E-state index contributed by atoms with van der Waals surface area (Å²) in [5, 5.41) is 5.03. The summed E-state index contributed by atoms with van der Waals surface area (Å²) in [5.74, 6) is -2.41. The van der Waals surface area contributed by atoms with Gasteiger partial charge in [-0.25, -0.2) is 8.78 Å². The number of benzene rings is 2. The van der Waals surface area contributed by atoms with Gasteiger partial charge in [0.2, 0.25) is 11.8 Å². The maximum absolute atomic E-state index is 13.3. The summed E-state index contributed by atoms with van der Waals surface area (Å²) in [5.41, 5.74) is 5.99. The summed E-state index contributed by atoms with van der Waals surface area (Å²) in [6, 6.07) is 8.45. The number of ether oxygens (including phenoxy) is 1. The Kier molecular flexibility index (Phi) is 6.84. The first-order chi connectivity index (χ1) is 12.8. The second kappa shape index (κ2) is 9.09. The summed E-state index contributed by atoms with van der Waals surface area (Å²) in [7, 11) is 0. The van der Waals surface area contributed by atoms with E-state index in [2.05, 4.69) is 10.6 Å². The van der Waals surface area contributed by atoms with Crippen molar-refractivity contribution in [1.82, 2.24) is 5.32 Å². The molecule has 6 nitrogen and oxygen atoms in total. The highest BCUT2D eigenvalue weighted by atomic mass is 19.1. The fraction of sp³-hybridized carbons (Fsp3) is 0.263. The third-order valence-electron chi connectivity index (χ3n) is 3.67. The van der Waals surface area contributed by atoms with Crippen LogP contribution in [-0.2, 0) is 9.59 Å². The van der Waals surface area contributed by atoms with Crippen molar-refractivity contribution in [2.75, 3.05) is 11.9 Å². The first kappa shape index (κ1) is 20.3. The van der Waals surface area contributed by atoms with Gasteiger partial charge in [0.25, 0.3) is 0 Å². The van der Waals surface area contributed by atoms with Crippen LogP contribution in [0.2, 0.25) is 0 Å². The van der Waals surface area contributed by atoms with E-state index < -0.39 is 29.5 Å². The van der Waals surface area contributed by atoms with Gasteiger partial charge in [0.15, 0.2) is 5.75 Å². The molecule has 0 heterocycles. The molecule has 1 atom stereocenters. The molecule has 4 N–H and O–H groups in total. The van der Waals surface area contributed by atoms with E-state index in [1.165, 1.54) is 6.07 Å². The van der Waals surface area contributed by atoms with E-state index in [1.54, 1.807) is 32.0 Å². The standard InChI is InChI=1S/C19H21F2N3O3/c1-11(2)18(22)19(26)23-10-17(25)24-15-5-3-4-6-16(15)27-14-8-12(20)7-13(21)9-14/h3-9,11,18H,10,22H2,1-2H3,(H,23,26)(H,24,25)/t18-/m0/s1. The largest absolute Gasteiger partial charge is 0.455 e. The number of halogens is 2. The van der Waals surface area contributed by atoms with Gasteiger partial charge in [0, 0.05) is 18.2 Å². The van der Waals surface area contributed by atoms with E-state index in [0.29, 0.717) is 0 Å². The first-order valence-electron chi connectivity index (χ1n) is 8.32. The molecule has 8 heteroatoms. The van der Waals surface area contributed by atoms with Crippen molar-refractivity contribution in [3.05, 3.63) is 54.1 Å². The van der Waals surface area contributed by atoms with E-state index in [1.807, 2.05) is 0 Å². The van der Waals surface area contributed by atoms with Crippen LogP contribution in [0.15, 0.2) is 42.5 Å². The molecule has 0 fully saturated rings. The molecule has 0 saturated heterocycles. The predicted molar refractivity (Wildman–Crippen MR) is 97.3 cm³/mol. The van der Waals surface area contributed by atoms with E-state index in [0.717, 1.165) is 18.2 Å². The van der Waals surface area contributed by atoms with Crippen LogP contribution in [0, 0.1) is 17.6 Å². The molecule has 0 unspecified atom stereocenters. The van der Waals surface area contributed by atoms with Gasteiger partial charge in [0.05, 0.1) is 18.3 Å². The number of rotatable bonds is 7. The smallest absolute Gasteiger partial charge is 0.243 e. The monoisotopic (exact) mass is 377 g/mol. The molecule has 2 amide bonds. The second-order valence-electron chi connectivity index (χ2n) is 6.24. The highest BCUT2D eigenvalue weighted by molar-refractivity contribution is 5.96. The SMILES string of the molecule is CC(C)[C@H](N)C(=O)NCC(=O)Nc1ccccc1Oc1cc(F)cc(F)c1. The fourth-order valence-corrected chi connectivity index (χ4v) is 2.16. The summed E-state index contributed by atoms with van der Waals surface area (Å²) >= 11 is 0. The summed E-state index contributed by atoms with van der Waals surface area (Å²) in [6.07, 6.45) is 0. The van der Waals surface area contributed by atoms with Crippen LogP contribution in [0.5, 0.6) is 11.5 Å². The zero-order valence-electron chi connectivity index (χ0n) is 15.0. The molecule has 0 bridgehead atoms. The molecular weight excluding hydrogens is 356 g/mol. The third-order valence-corrected chi connectivity index (χ3v) is 3.67. The quantitative estimate of drug-likeness (QED) is 0.692. The van der Waals surface area contributed by atoms with Crippen LogP contribution < -0.4 is 21.1 Å². The Bertz CT molecular complexity index is 807. The number of carbonyl (C=O) groups excluding carboxylic acids is 2. The van der Waals surface area contributed by atoms with Gasteiger partial charge in [-0.1, -0.05) is 26.0 Å². The van der Waals surface area contributed by atoms with Gasteiger partial charge in [-0.2, -0.15) is 0 Å². The van der Waals surface area contributed by atoms with Gasteiger partial charge < -0.3 is 21.1 Å². The van der Waals surface area contributed by atoms with Gasteiger partial charge >= 0.3 is 0 Å². The molecule has 2 rings (SSSR count). The van der Waals surface area contributed by atoms with Crippen molar-refractivity contribution in [3.63, 3.8) is 0 Å². The van der Waals surface area contributed by atoms with Crippen LogP contribution in [0.1, 0.15) is 13.8 Å². The number of para-hydroxylation sites is 2. The Morgan fingerprint density at radius 1 is 1.11 bits per heavy atom. The molecule has 0 aliphatic carbocycles. The average Bonchev–Trinajstić information content (AvgIpc) is 2.59. The Morgan fingerprint density at radius 3 is 2.37 bits per heavy atom. The van der Waals surface area contributed by atoms with Crippen LogP contribution >= 0.6 is 0 Å². The van der Waals surface area contributed by atoms with Gasteiger partial charge in [-0.3, -0.25) is 9.59 Å². The number of hydrogen-bond donors (Lipinski definition) is 3. The molecule has 144 valence electrons. The Hall–Kier alpha value is -3.00. The maximum atomic E-state index is 13.3. The van der Waals surface area contributed by atoms with Crippen LogP contribution in [0.25, 0.3) is 0 Å². The number of carbonyl (C=O) groups is 2. The summed E-state index contributed by atoms with van der Waals surface area (Å²) in [6.45, 7) is 3.32. The lowest BCUT2D eigenvalue weighted by Crippen LogP contribution is -2.46. The molecule has 0 aliphatic rings. The Morgan fingerprint density at radius 2 is 1.74 bits per heavy atom. The van der Waals surface area contributed by atoms with Crippen molar-refractivity contribution in [2.24, 2.45) is 11.7 Å². The highest BCUT2D eigenvalue weighted by Crippen LogP contribution is 2.30. The molecule has 2 aromatic rings. The van der Waals surface area contributed by atoms with Crippen molar-refractivity contribution < 1.29 is 23.1 Å². The average molecular weight is 377 g/mol. The molecule has 0 spiro atoms. The molecule has 27 heavy (non-hydrogen) atoms. The van der Waals surface area contributed by atoms with E-state index >= 15 is 0 Å². The number of anilines is 1. The molecule has 0 aliphatic heterocycles. The number of nitrogens with two attached hydrogens (primary N) is 1. The van der Waals surface area contributed by atoms with Gasteiger partial charge in [-0.05, 0) is 18.1 Å². The minimum absolute atomic E-state index is 0.0505. The lowest BCUT2D eigenvalue weighted by Gasteiger charge is -2.16. The fourth-order valence-electron chi connectivity index (χ4n) is 2.16. The van der Waals surface area contributed by atoms with Crippen LogP contribution in [0.4, 0.5) is 14.5 Å². The zero-order valence-corrected chi connectivity index (χ0v) is 15.0. The van der Waals surface area contributed by atoms with Crippen molar-refractivity contribution >= 4 is 17.5 Å². The summed E-state index contributed by atoms with van der Waals surface area (Å²) in [4.78, 5) is 23.9. The number of hydrogen-bond acceptors (Lipinski definition) is 4. The second-order valence-corrected chi connectivity index (χ2v) is 6.24. The number of amides is 2. The van der Waals surface area contributed by atoms with E-state index in [4.69, 9.17) is 10.5 Å². The van der Waals surface area contributed by atoms with E-state index in [-0.39, 0.29) is 29.6 Å². The molecular formula is C19H21F2N3O3. The van der Waals surface area contributed by atoms with Crippen molar-refractivity contribution in [2.45, 2.75) is 19.9 Å². The predicted octanol–water partition coefficient (Wildman–Crippen LogP) is 2.80. The first-order valence-corrected chi connectivity index (χ1v) is 8.32. The van der Waals surface area contributed by atoms with Crippen LogP contribution in [0.3, 0.4) is 0 Å². The lowest BCUT2D eigenvalue weighted by atomic mass is 10.1. The summed E-state index contributed by atoms with van der Waals surface area (Å²) < 4.78 is 32.1. The minimum atomic E-state index is -0.782. The van der Waals surface area contributed by atoms with Gasteiger partial charge in [0.1, 0.15) is 17.4 Å². The minimum Gasteiger partial charge on any atom is -0.455 e. The molecule has 0 radical (unpaired) electrons. The van der Waals surface area contributed by atoms with Crippen molar-refractivity contribution in [1.29, 1.82) is 0 Å². The van der Waals surface area contributed by atoms with E-state index in [9.17, 15) is 18.4 Å². The highest BCUT2D eigenvalue weighted by Gasteiger charge is 2.18. The Labute approximate surface area is 155 Å². The van der Waals surface area contributed by atoms with Crippen molar-refractivity contribution in [3.8, 4) is 11.5 Å². The topological polar surface area (TPSA) is 93.5 Å². The molecule has 2 aromatic carbocycles. The Balaban J connectivity index is 2.03. The molecule has 0 saturated carbocycles.